The van der Waals surface area contributed by atoms with Gasteiger partial charge in [-0.1, -0.05) is 36.2 Å². The number of nitrogens with zero attached hydrogens (tertiary/aromatic N) is 1. The smallest absolute Gasteiger partial charge is 0.251 e. The van der Waals surface area contributed by atoms with Crippen molar-refractivity contribution in [3.63, 3.8) is 0 Å². The van der Waals surface area contributed by atoms with Crippen LogP contribution in [-0.4, -0.2) is 23.4 Å². The molecule has 1 aromatic heterocycles. The third-order valence-electron chi connectivity index (χ3n) is 6.10. The van der Waals surface area contributed by atoms with E-state index >= 15 is 0 Å². The summed E-state index contributed by atoms with van der Waals surface area (Å²) in [4.78, 5) is 24.9. The minimum Gasteiger partial charge on any atom is -0.316 e. The van der Waals surface area contributed by atoms with Gasteiger partial charge in [-0.2, -0.15) is 0 Å². The van der Waals surface area contributed by atoms with E-state index in [-0.39, 0.29) is 11.3 Å². The highest BCUT2D eigenvalue weighted by Gasteiger charge is 2.16. The lowest BCUT2D eigenvalue weighted by Crippen LogP contribution is -2.23. The molecule has 162 valence electrons. The Morgan fingerprint density at radius 2 is 1.90 bits per heavy atom. The van der Waals surface area contributed by atoms with E-state index in [2.05, 4.69) is 11.4 Å². The highest BCUT2D eigenvalue weighted by Crippen LogP contribution is 2.26. The quantitative estimate of drug-likeness (QED) is 0.352. The molecule has 0 aliphatic carbocycles. The molecule has 1 aliphatic heterocycles. The first kappa shape index (κ1) is 21.8. The summed E-state index contributed by atoms with van der Waals surface area (Å²) < 4.78 is 1.85. The summed E-state index contributed by atoms with van der Waals surface area (Å²) in [5, 5.41) is 5.29. The van der Waals surface area contributed by atoms with Crippen LogP contribution in [0.4, 0.5) is 0 Å². The molecule has 0 unspecified atom stereocenters. The van der Waals surface area contributed by atoms with Gasteiger partial charge in [0.05, 0.1) is 5.52 Å². The molecule has 0 amide bonds. The Morgan fingerprint density at radius 1 is 1.03 bits per heavy atom. The van der Waals surface area contributed by atoms with Gasteiger partial charge in [0.2, 0.25) is 0 Å². The Kier molecular flexibility index (Phi) is 7.21. The first-order chi connectivity index (χ1) is 15.1. The number of hydrogen-bond acceptors (Lipinski definition) is 3. The molecule has 4 rings (SSSR count). The zero-order valence-electron chi connectivity index (χ0n) is 17.8. The second-order valence-corrected chi connectivity index (χ2v) is 8.73. The molecule has 5 heteroatoms. The summed E-state index contributed by atoms with van der Waals surface area (Å²) in [6.45, 7) is 2.63. The van der Waals surface area contributed by atoms with Crippen molar-refractivity contribution in [2.45, 2.75) is 51.5 Å². The zero-order valence-corrected chi connectivity index (χ0v) is 18.6. The fraction of sp³-hybridized carbons (Fsp3) is 0.385. The van der Waals surface area contributed by atoms with E-state index < -0.39 is 0 Å². The Morgan fingerprint density at radius 3 is 2.77 bits per heavy atom. The second kappa shape index (κ2) is 10.3. The number of hydrogen-bond donors (Lipinski definition) is 1. The molecule has 0 radical (unpaired) electrons. The fourth-order valence-electron chi connectivity index (χ4n) is 4.44. The van der Waals surface area contributed by atoms with Crippen LogP contribution >= 0.6 is 11.6 Å². The zero-order chi connectivity index (χ0) is 21.6. The van der Waals surface area contributed by atoms with Gasteiger partial charge >= 0.3 is 0 Å². The van der Waals surface area contributed by atoms with Gasteiger partial charge in [0.1, 0.15) is 0 Å². The number of pyridine rings is 1. The number of carbonyl (C=O) groups is 1. The Balaban J connectivity index is 1.22. The molecule has 1 N–H and O–H groups in total. The number of aryl methyl sites for hydroxylation is 2. The molecule has 0 bridgehead atoms. The maximum atomic E-state index is 12.8. The van der Waals surface area contributed by atoms with E-state index in [9.17, 15) is 9.59 Å². The predicted octanol–water partition coefficient (Wildman–Crippen LogP) is 5.18. The lowest BCUT2D eigenvalue weighted by molar-refractivity contribution is 0.0979. The predicted molar refractivity (Wildman–Crippen MR) is 127 cm³/mol. The van der Waals surface area contributed by atoms with Gasteiger partial charge in [0.15, 0.2) is 5.78 Å². The highest BCUT2D eigenvalue weighted by atomic mass is 35.5. The molecule has 0 atom stereocenters. The number of aromatic nitrogens is 1. The Bertz CT molecular complexity index is 1140. The lowest BCUT2D eigenvalue weighted by Gasteiger charge is -2.20. The van der Waals surface area contributed by atoms with E-state index in [1.165, 1.54) is 5.56 Å². The van der Waals surface area contributed by atoms with Crippen LogP contribution in [0.25, 0.3) is 10.9 Å². The van der Waals surface area contributed by atoms with Crippen molar-refractivity contribution in [3.05, 3.63) is 80.6 Å². The van der Waals surface area contributed by atoms with Gasteiger partial charge in [0, 0.05) is 29.6 Å². The van der Waals surface area contributed by atoms with Crippen molar-refractivity contribution in [2.24, 2.45) is 0 Å². The number of nitrogens with one attached hydrogen (secondary N) is 1. The molecule has 0 fully saturated rings. The van der Waals surface area contributed by atoms with Crippen LogP contribution in [0.15, 0.2) is 53.3 Å². The van der Waals surface area contributed by atoms with Crippen molar-refractivity contribution in [1.29, 1.82) is 0 Å². The molecule has 2 heterocycles. The number of Topliss-reactive ketones (excluding diaryl/α,β-unsaturated/α-hetero) is 1. The number of ketones is 1. The topological polar surface area (TPSA) is 51.1 Å². The van der Waals surface area contributed by atoms with Crippen LogP contribution in [0.3, 0.4) is 0 Å². The molecular formula is C26H29ClN2O2. The Labute approximate surface area is 188 Å². The summed E-state index contributed by atoms with van der Waals surface area (Å²) in [6, 6.07) is 15.4. The molecule has 0 spiro atoms. The SMILES string of the molecule is O=C(CCCCCNCCc1ccccc1Cl)c1cc2c3c(ccc(=O)n3CCC2)c1. The van der Waals surface area contributed by atoms with Gasteiger partial charge in [-0.15, -0.1) is 0 Å². The number of unbranched alkanes of at least 4 members (excludes halogenated alkanes) is 2. The molecule has 0 saturated carbocycles. The van der Waals surface area contributed by atoms with Crippen LogP contribution < -0.4 is 10.9 Å². The average molecular weight is 437 g/mol. The molecule has 31 heavy (non-hydrogen) atoms. The van der Waals surface area contributed by atoms with E-state index in [0.29, 0.717) is 6.42 Å². The van der Waals surface area contributed by atoms with Gasteiger partial charge in [-0.3, -0.25) is 9.59 Å². The minimum atomic E-state index is 0.0491. The summed E-state index contributed by atoms with van der Waals surface area (Å²) in [5.41, 5.74) is 4.15. The van der Waals surface area contributed by atoms with Crippen LogP contribution in [-0.2, 0) is 19.4 Å². The molecule has 2 aromatic carbocycles. The number of rotatable bonds is 10. The van der Waals surface area contributed by atoms with Crippen LogP contribution in [0.2, 0.25) is 5.02 Å². The largest absolute Gasteiger partial charge is 0.316 e. The second-order valence-electron chi connectivity index (χ2n) is 8.33. The van der Waals surface area contributed by atoms with Crippen molar-refractivity contribution in [2.75, 3.05) is 13.1 Å². The van der Waals surface area contributed by atoms with E-state index in [1.54, 1.807) is 6.07 Å². The van der Waals surface area contributed by atoms with Gasteiger partial charge in [0.25, 0.3) is 5.56 Å². The first-order valence-corrected chi connectivity index (χ1v) is 11.6. The summed E-state index contributed by atoms with van der Waals surface area (Å²) in [5.74, 6) is 0.202. The van der Waals surface area contributed by atoms with Crippen LogP contribution in [0, 0.1) is 0 Å². The van der Waals surface area contributed by atoms with Crippen molar-refractivity contribution in [1.82, 2.24) is 9.88 Å². The first-order valence-electron chi connectivity index (χ1n) is 11.3. The Hall–Kier alpha value is -2.43. The van der Waals surface area contributed by atoms with Crippen LogP contribution in [0.1, 0.15) is 53.6 Å². The van der Waals surface area contributed by atoms with Crippen molar-refractivity contribution >= 4 is 28.3 Å². The average Bonchev–Trinajstić information content (AvgIpc) is 2.78. The summed E-state index contributed by atoms with van der Waals surface area (Å²) in [6.07, 6.45) is 6.38. The van der Waals surface area contributed by atoms with E-state index in [0.717, 1.165) is 85.2 Å². The van der Waals surface area contributed by atoms with E-state index in [1.807, 2.05) is 41.0 Å². The van der Waals surface area contributed by atoms with Gasteiger partial charge in [-0.25, -0.2) is 0 Å². The minimum absolute atomic E-state index is 0.0491. The van der Waals surface area contributed by atoms with Gasteiger partial charge in [-0.05, 0) is 86.0 Å². The van der Waals surface area contributed by atoms with Gasteiger partial charge < -0.3 is 9.88 Å². The third kappa shape index (κ3) is 5.25. The molecule has 0 saturated heterocycles. The molecule has 3 aromatic rings. The van der Waals surface area contributed by atoms with Crippen molar-refractivity contribution in [3.8, 4) is 0 Å². The fourth-order valence-corrected chi connectivity index (χ4v) is 4.67. The maximum Gasteiger partial charge on any atom is 0.251 e. The monoisotopic (exact) mass is 436 g/mol. The standard InChI is InChI=1S/C26H29ClN2O2/c27-23-9-4-3-7-19(23)13-15-28-14-5-1-2-10-24(30)22-17-20-8-6-16-29-25(31)12-11-21(18-22)26(20)29/h3-4,7,9,11-12,17-18,28H,1-2,5-6,8,10,13-16H2. The number of halogens is 1. The van der Waals surface area contributed by atoms with E-state index in [4.69, 9.17) is 11.6 Å². The lowest BCUT2D eigenvalue weighted by atomic mass is 9.95. The molecule has 1 aliphatic rings. The van der Waals surface area contributed by atoms with Crippen molar-refractivity contribution < 1.29 is 4.79 Å². The molecule has 4 nitrogen and oxygen atoms in total. The third-order valence-corrected chi connectivity index (χ3v) is 6.46. The molecular weight excluding hydrogens is 408 g/mol. The van der Waals surface area contributed by atoms with Crippen LogP contribution in [0.5, 0.6) is 0 Å². The number of benzene rings is 2. The number of carbonyl (C=O) groups excluding carboxylic acids is 1. The summed E-state index contributed by atoms with van der Waals surface area (Å²) in [7, 11) is 0. The normalized spacial score (nSPS) is 12.9. The summed E-state index contributed by atoms with van der Waals surface area (Å²) >= 11 is 6.18. The maximum absolute atomic E-state index is 12.8. The highest BCUT2D eigenvalue weighted by molar-refractivity contribution is 6.31.